The standard InChI is InChI=1S/C11H15N5O/c1-9-10(8-13-14-9)11(17)16-6-4-15(3-2-12)5-7-16/h8H,3-7H2,1H3,(H,13,14). The van der Waals surface area contributed by atoms with Crippen LogP contribution in [0.2, 0.25) is 0 Å². The third kappa shape index (κ3) is 2.45. The number of piperazine rings is 1. The number of nitrogens with zero attached hydrogens (tertiary/aromatic N) is 4. The SMILES string of the molecule is Cc1[nH]ncc1C(=O)N1CCN(CC#N)CC1. The Balaban J connectivity index is 1.96. The van der Waals surface area contributed by atoms with E-state index in [0.717, 1.165) is 18.8 Å². The van der Waals surface area contributed by atoms with Gasteiger partial charge in [-0.05, 0) is 6.92 Å². The maximum absolute atomic E-state index is 12.1. The molecule has 6 nitrogen and oxygen atoms in total. The molecule has 0 spiro atoms. The van der Waals surface area contributed by atoms with E-state index in [1.807, 2.05) is 16.7 Å². The van der Waals surface area contributed by atoms with Crippen molar-refractivity contribution in [2.24, 2.45) is 0 Å². The van der Waals surface area contributed by atoms with E-state index < -0.39 is 0 Å². The Morgan fingerprint density at radius 3 is 2.76 bits per heavy atom. The number of aromatic nitrogens is 2. The Labute approximate surface area is 99.8 Å². The van der Waals surface area contributed by atoms with Crippen molar-refractivity contribution >= 4 is 5.91 Å². The first-order valence-corrected chi connectivity index (χ1v) is 5.61. The molecule has 90 valence electrons. The number of amides is 1. The predicted octanol–water partition coefficient (Wildman–Crippen LogP) is -0.000500. The van der Waals surface area contributed by atoms with Crippen LogP contribution in [0, 0.1) is 18.3 Å². The number of rotatable bonds is 2. The second kappa shape index (κ2) is 4.97. The van der Waals surface area contributed by atoms with Crippen molar-refractivity contribution in [3.05, 3.63) is 17.5 Å². The van der Waals surface area contributed by atoms with Crippen LogP contribution in [-0.4, -0.2) is 58.6 Å². The van der Waals surface area contributed by atoms with Crippen molar-refractivity contribution in [1.29, 1.82) is 5.26 Å². The highest BCUT2D eigenvalue weighted by molar-refractivity contribution is 5.95. The summed E-state index contributed by atoms with van der Waals surface area (Å²) in [5, 5.41) is 15.2. The highest BCUT2D eigenvalue weighted by atomic mass is 16.2. The minimum atomic E-state index is 0.0212. The van der Waals surface area contributed by atoms with Gasteiger partial charge in [0.2, 0.25) is 0 Å². The molecule has 0 atom stereocenters. The Morgan fingerprint density at radius 2 is 2.24 bits per heavy atom. The van der Waals surface area contributed by atoms with Gasteiger partial charge in [-0.25, -0.2) is 0 Å². The maximum atomic E-state index is 12.1. The van der Waals surface area contributed by atoms with Gasteiger partial charge in [-0.3, -0.25) is 14.8 Å². The summed E-state index contributed by atoms with van der Waals surface area (Å²) >= 11 is 0. The fourth-order valence-corrected chi connectivity index (χ4v) is 1.95. The van der Waals surface area contributed by atoms with Gasteiger partial charge in [0.05, 0.1) is 24.4 Å². The first kappa shape index (κ1) is 11.6. The third-order valence-electron chi connectivity index (χ3n) is 3.01. The largest absolute Gasteiger partial charge is 0.336 e. The quantitative estimate of drug-likeness (QED) is 0.729. The van der Waals surface area contributed by atoms with Gasteiger partial charge in [-0.2, -0.15) is 10.4 Å². The number of aromatic amines is 1. The number of carbonyl (C=O) groups is 1. The molecule has 1 fully saturated rings. The number of H-pyrrole nitrogens is 1. The van der Waals surface area contributed by atoms with Crippen molar-refractivity contribution in [3.63, 3.8) is 0 Å². The summed E-state index contributed by atoms with van der Waals surface area (Å²) in [6.45, 7) is 5.14. The molecule has 6 heteroatoms. The summed E-state index contributed by atoms with van der Waals surface area (Å²) in [4.78, 5) is 16.0. The second-order valence-corrected chi connectivity index (χ2v) is 4.14. The zero-order valence-electron chi connectivity index (χ0n) is 9.81. The van der Waals surface area contributed by atoms with Crippen LogP contribution in [0.1, 0.15) is 16.1 Å². The van der Waals surface area contributed by atoms with Crippen LogP contribution in [-0.2, 0) is 0 Å². The topological polar surface area (TPSA) is 76.0 Å². The average Bonchev–Trinajstić information content (AvgIpc) is 2.76. The summed E-state index contributed by atoms with van der Waals surface area (Å²) in [5.41, 5.74) is 1.44. The van der Waals surface area contributed by atoms with E-state index in [-0.39, 0.29) is 5.91 Å². The third-order valence-corrected chi connectivity index (χ3v) is 3.01. The van der Waals surface area contributed by atoms with Gasteiger partial charge < -0.3 is 4.90 Å². The molecule has 1 amide bonds. The molecule has 1 aliphatic heterocycles. The molecule has 2 rings (SSSR count). The molecular formula is C11H15N5O. The number of hydrogen-bond acceptors (Lipinski definition) is 4. The minimum Gasteiger partial charge on any atom is -0.336 e. The summed E-state index contributed by atoms with van der Waals surface area (Å²) < 4.78 is 0. The van der Waals surface area contributed by atoms with E-state index >= 15 is 0 Å². The van der Waals surface area contributed by atoms with Crippen molar-refractivity contribution in [2.75, 3.05) is 32.7 Å². The number of hydrogen-bond donors (Lipinski definition) is 1. The Bertz CT molecular complexity index is 439. The van der Waals surface area contributed by atoms with Gasteiger partial charge in [-0.15, -0.1) is 0 Å². The van der Waals surface area contributed by atoms with Crippen molar-refractivity contribution < 1.29 is 4.79 Å². The monoisotopic (exact) mass is 233 g/mol. The molecule has 17 heavy (non-hydrogen) atoms. The Morgan fingerprint density at radius 1 is 1.53 bits per heavy atom. The molecule has 0 aromatic carbocycles. The molecule has 1 aliphatic rings. The van der Waals surface area contributed by atoms with Gasteiger partial charge in [0.25, 0.3) is 5.91 Å². The van der Waals surface area contributed by atoms with Crippen molar-refractivity contribution in [1.82, 2.24) is 20.0 Å². The Hall–Kier alpha value is -1.87. The van der Waals surface area contributed by atoms with E-state index in [0.29, 0.717) is 25.2 Å². The van der Waals surface area contributed by atoms with E-state index in [9.17, 15) is 4.79 Å². The van der Waals surface area contributed by atoms with E-state index in [2.05, 4.69) is 16.3 Å². The van der Waals surface area contributed by atoms with Crippen LogP contribution >= 0.6 is 0 Å². The predicted molar refractivity (Wildman–Crippen MR) is 61.3 cm³/mol. The van der Waals surface area contributed by atoms with Gasteiger partial charge in [0, 0.05) is 31.9 Å². The number of nitriles is 1. The van der Waals surface area contributed by atoms with E-state index in [1.54, 1.807) is 6.20 Å². The van der Waals surface area contributed by atoms with Crippen LogP contribution < -0.4 is 0 Å². The molecule has 0 saturated carbocycles. The minimum absolute atomic E-state index is 0.0212. The number of nitrogens with one attached hydrogen (secondary N) is 1. The van der Waals surface area contributed by atoms with Crippen LogP contribution in [0.3, 0.4) is 0 Å². The molecule has 1 aromatic rings. The molecule has 1 aromatic heterocycles. The molecule has 2 heterocycles. The van der Waals surface area contributed by atoms with Gasteiger partial charge in [-0.1, -0.05) is 0 Å². The van der Waals surface area contributed by atoms with E-state index in [4.69, 9.17) is 5.26 Å². The van der Waals surface area contributed by atoms with Crippen LogP contribution in [0.25, 0.3) is 0 Å². The molecule has 0 unspecified atom stereocenters. The lowest BCUT2D eigenvalue weighted by Crippen LogP contribution is -2.48. The van der Waals surface area contributed by atoms with Gasteiger partial charge in [0.1, 0.15) is 0 Å². The van der Waals surface area contributed by atoms with Crippen LogP contribution in [0.5, 0.6) is 0 Å². The lowest BCUT2D eigenvalue weighted by atomic mass is 10.2. The van der Waals surface area contributed by atoms with Crippen LogP contribution in [0.15, 0.2) is 6.20 Å². The van der Waals surface area contributed by atoms with Crippen LogP contribution in [0.4, 0.5) is 0 Å². The zero-order valence-corrected chi connectivity index (χ0v) is 9.81. The maximum Gasteiger partial charge on any atom is 0.257 e. The average molecular weight is 233 g/mol. The molecule has 0 bridgehead atoms. The highest BCUT2D eigenvalue weighted by Gasteiger charge is 2.23. The fraction of sp³-hybridized carbons (Fsp3) is 0.545. The fourth-order valence-electron chi connectivity index (χ4n) is 1.95. The Kier molecular flexibility index (Phi) is 3.40. The van der Waals surface area contributed by atoms with Gasteiger partial charge in [0.15, 0.2) is 0 Å². The smallest absolute Gasteiger partial charge is 0.257 e. The van der Waals surface area contributed by atoms with E-state index in [1.165, 1.54) is 0 Å². The lowest BCUT2D eigenvalue weighted by Gasteiger charge is -2.33. The van der Waals surface area contributed by atoms with Gasteiger partial charge >= 0.3 is 0 Å². The zero-order chi connectivity index (χ0) is 12.3. The summed E-state index contributed by atoms with van der Waals surface area (Å²) in [7, 11) is 0. The lowest BCUT2D eigenvalue weighted by molar-refractivity contribution is 0.0651. The number of aryl methyl sites for hydroxylation is 1. The molecule has 1 saturated heterocycles. The summed E-state index contributed by atoms with van der Waals surface area (Å²) in [6, 6.07) is 2.13. The first-order chi connectivity index (χ1) is 8.22. The summed E-state index contributed by atoms with van der Waals surface area (Å²) in [6.07, 6.45) is 1.57. The normalized spacial score (nSPS) is 16.8. The summed E-state index contributed by atoms with van der Waals surface area (Å²) in [5.74, 6) is 0.0212. The van der Waals surface area contributed by atoms with Crippen molar-refractivity contribution in [3.8, 4) is 6.07 Å². The molecule has 1 N–H and O–H groups in total. The number of carbonyl (C=O) groups excluding carboxylic acids is 1. The highest BCUT2D eigenvalue weighted by Crippen LogP contribution is 2.10. The molecule has 0 aliphatic carbocycles. The second-order valence-electron chi connectivity index (χ2n) is 4.14. The van der Waals surface area contributed by atoms with Crippen molar-refractivity contribution in [2.45, 2.75) is 6.92 Å². The molecular weight excluding hydrogens is 218 g/mol. The first-order valence-electron chi connectivity index (χ1n) is 5.61. The molecule has 0 radical (unpaired) electrons.